The summed E-state index contributed by atoms with van der Waals surface area (Å²) in [6.45, 7) is 0. The van der Waals surface area contributed by atoms with E-state index in [9.17, 15) is 13.0 Å². The number of imidazole rings is 1. The molecule has 1 aromatic carbocycles. The first-order valence-corrected chi connectivity index (χ1v) is 5.70. The molecular formula is C9H12N2O4S. The van der Waals surface area contributed by atoms with E-state index < -0.39 is 10.4 Å². The minimum atomic E-state index is -4.41. The van der Waals surface area contributed by atoms with Gasteiger partial charge in [0.1, 0.15) is 0 Å². The van der Waals surface area contributed by atoms with E-state index in [4.69, 9.17) is 0 Å². The molecule has 0 unspecified atom stereocenters. The number of H-pyrrole nitrogens is 1. The van der Waals surface area contributed by atoms with Crippen LogP contribution < -0.4 is 4.57 Å². The van der Waals surface area contributed by atoms with Crippen LogP contribution in [0.4, 0.5) is 0 Å². The van der Waals surface area contributed by atoms with Crippen LogP contribution in [0, 0.1) is 0 Å². The van der Waals surface area contributed by atoms with Crippen LogP contribution in [0.15, 0.2) is 30.6 Å². The summed E-state index contributed by atoms with van der Waals surface area (Å²) in [5, 5.41) is 0. The van der Waals surface area contributed by atoms with Crippen LogP contribution in [0.1, 0.15) is 0 Å². The van der Waals surface area contributed by atoms with Gasteiger partial charge in [0, 0.05) is 0 Å². The lowest BCUT2D eigenvalue weighted by Crippen LogP contribution is -2.24. The zero-order chi connectivity index (χ0) is 12.2. The van der Waals surface area contributed by atoms with Crippen LogP contribution in [0.5, 0.6) is 0 Å². The number of hydrogen-bond donors (Lipinski definition) is 1. The van der Waals surface area contributed by atoms with E-state index >= 15 is 0 Å². The maximum atomic E-state index is 9.22. The molecule has 0 atom stereocenters. The predicted molar refractivity (Wildman–Crippen MR) is 56.2 cm³/mol. The van der Waals surface area contributed by atoms with Crippen LogP contribution in [-0.4, -0.2) is 25.1 Å². The number of para-hydroxylation sites is 2. The highest BCUT2D eigenvalue weighted by Crippen LogP contribution is 2.03. The molecule has 2 rings (SSSR count). The Labute approximate surface area is 93.4 Å². The first-order valence-electron chi connectivity index (χ1n) is 4.37. The predicted octanol–water partition coefficient (Wildman–Crippen LogP) is 0.0854. The molecule has 0 aliphatic heterocycles. The molecule has 6 nitrogen and oxygen atoms in total. The Hall–Kier alpha value is -1.44. The Balaban J connectivity index is 0.000000187. The SMILES string of the molecule is COS(=O)(=O)[O-].C[n+]1c[nH]c2ccccc21. The summed E-state index contributed by atoms with van der Waals surface area (Å²) in [7, 11) is -1.58. The van der Waals surface area contributed by atoms with Gasteiger partial charge in [0.05, 0.1) is 14.2 Å². The van der Waals surface area contributed by atoms with E-state index in [-0.39, 0.29) is 0 Å². The van der Waals surface area contributed by atoms with Crippen LogP contribution in [-0.2, 0) is 21.6 Å². The first-order chi connectivity index (χ1) is 7.44. The van der Waals surface area contributed by atoms with Crippen LogP contribution in [0.2, 0.25) is 0 Å². The maximum absolute atomic E-state index is 9.22. The summed E-state index contributed by atoms with van der Waals surface area (Å²) in [5.74, 6) is 0. The average Bonchev–Trinajstić information content (AvgIpc) is 2.61. The molecule has 0 saturated heterocycles. The number of nitrogens with one attached hydrogen (secondary N) is 1. The van der Waals surface area contributed by atoms with Gasteiger partial charge in [0.25, 0.3) is 0 Å². The number of fused-ring (bicyclic) bond motifs is 1. The smallest absolute Gasteiger partial charge is 0.242 e. The minimum absolute atomic E-state index is 0.808. The van der Waals surface area contributed by atoms with E-state index in [1.54, 1.807) is 0 Å². The molecule has 2 aromatic rings. The summed E-state index contributed by atoms with van der Waals surface area (Å²) in [4.78, 5) is 3.15. The monoisotopic (exact) mass is 244 g/mol. The number of aromatic nitrogens is 2. The van der Waals surface area contributed by atoms with Crippen LogP contribution in [0.25, 0.3) is 11.0 Å². The first kappa shape index (κ1) is 12.6. The highest BCUT2D eigenvalue weighted by molar-refractivity contribution is 7.80. The van der Waals surface area contributed by atoms with Crippen molar-refractivity contribution in [3.63, 3.8) is 0 Å². The number of aryl methyl sites for hydroxylation is 1. The van der Waals surface area contributed by atoms with Crippen molar-refractivity contribution in [2.24, 2.45) is 7.05 Å². The quantitative estimate of drug-likeness (QED) is 0.437. The fraction of sp³-hybridized carbons (Fsp3) is 0.222. The summed E-state index contributed by atoms with van der Waals surface area (Å²) < 4.78 is 33.1. The molecule has 0 fully saturated rings. The second-order valence-electron chi connectivity index (χ2n) is 2.98. The van der Waals surface area contributed by atoms with Crippen molar-refractivity contribution in [2.75, 3.05) is 7.11 Å². The number of rotatable bonds is 1. The highest BCUT2D eigenvalue weighted by atomic mass is 32.3. The largest absolute Gasteiger partial charge is 0.726 e. The fourth-order valence-electron chi connectivity index (χ4n) is 1.14. The third-order valence-corrected chi connectivity index (χ3v) is 2.31. The molecule has 88 valence electrons. The fourth-order valence-corrected chi connectivity index (χ4v) is 1.14. The van der Waals surface area contributed by atoms with E-state index in [0.29, 0.717) is 0 Å². The molecule has 1 N–H and O–H groups in total. The Morgan fingerprint density at radius 3 is 2.44 bits per heavy atom. The molecule has 0 amide bonds. The van der Waals surface area contributed by atoms with Gasteiger partial charge in [0.15, 0.2) is 11.0 Å². The van der Waals surface area contributed by atoms with Crippen molar-refractivity contribution in [2.45, 2.75) is 0 Å². The maximum Gasteiger partial charge on any atom is 0.242 e. The van der Waals surface area contributed by atoms with Crippen molar-refractivity contribution in [3.05, 3.63) is 30.6 Å². The third kappa shape index (κ3) is 3.61. The zero-order valence-corrected chi connectivity index (χ0v) is 9.69. The van der Waals surface area contributed by atoms with Gasteiger partial charge in [-0.1, -0.05) is 12.1 Å². The van der Waals surface area contributed by atoms with Crippen molar-refractivity contribution < 1.29 is 21.7 Å². The molecule has 0 saturated carbocycles. The Morgan fingerprint density at radius 1 is 1.38 bits per heavy atom. The summed E-state index contributed by atoms with van der Waals surface area (Å²) >= 11 is 0. The number of benzene rings is 1. The summed E-state index contributed by atoms with van der Waals surface area (Å²) in [6, 6.07) is 8.22. The molecule has 0 aliphatic carbocycles. The van der Waals surface area contributed by atoms with Gasteiger partial charge in [-0.15, -0.1) is 0 Å². The zero-order valence-electron chi connectivity index (χ0n) is 8.88. The van der Waals surface area contributed by atoms with Gasteiger partial charge < -0.3 is 4.55 Å². The van der Waals surface area contributed by atoms with Crippen molar-refractivity contribution in [3.8, 4) is 0 Å². The van der Waals surface area contributed by atoms with Crippen molar-refractivity contribution in [1.29, 1.82) is 0 Å². The summed E-state index contributed by atoms with van der Waals surface area (Å²) in [5.41, 5.74) is 2.42. The number of aromatic amines is 1. The second-order valence-corrected chi connectivity index (χ2v) is 4.13. The van der Waals surface area contributed by atoms with E-state index in [0.717, 1.165) is 7.11 Å². The van der Waals surface area contributed by atoms with Gasteiger partial charge in [-0.05, 0) is 12.1 Å². The van der Waals surface area contributed by atoms with Crippen LogP contribution >= 0.6 is 0 Å². The number of hydrogen-bond acceptors (Lipinski definition) is 4. The average molecular weight is 244 g/mol. The summed E-state index contributed by atoms with van der Waals surface area (Å²) in [6.07, 6.45) is 1.95. The Bertz CT molecular complexity index is 562. The lowest BCUT2D eigenvalue weighted by atomic mass is 10.3. The highest BCUT2D eigenvalue weighted by Gasteiger charge is 2.01. The van der Waals surface area contributed by atoms with E-state index in [1.807, 2.05) is 25.5 Å². The van der Waals surface area contributed by atoms with Gasteiger partial charge in [-0.3, -0.25) is 4.18 Å². The molecule has 1 heterocycles. The molecule has 0 aliphatic rings. The van der Waals surface area contributed by atoms with Gasteiger partial charge in [-0.2, -0.15) is 0 Å². The molecule has 0 bridgehead atoms. The van der Waals surface area contributed by atoms with Crippen molar-refractivity contribution >= 4 is 21.4 Å². The molecule has 1 aromatic heterocycles. The normalized spacial score (nSPS) is 10.9. The lowest BCUT2D eigenvalue weighted by molar-refractivity contribution is -0.644. The Morgan fingerprint density at radius 2 is 1.94 bits per heavy atom. The van der Waals surface area contributed by atoms with Crippen molar-refractivity contribution in [1.82, 2.24) is 4.98 Å². The minimum Gasteiger partial charge on any atom is -0.726 e. The topological polar surface area (TPSA) is 86.1 Å². The van der Waals surface area contributed by atoms with Gasteiger partial charge in [-0.25, -0.2) is 18.0 Å². The third-order valence-electron chi connectivity index (χ3n) is 1.90. The van der Waals surface area contributed by atoms with Crippen LogP contribution in [0.3, 0.4) is 0 Å². The molecule has 0 spiro atoms. The molecular weight excluding hydrogens is 232 g/mol. The number of nitrogens with zero attached hydrogens (tertiary/aromatic N) is 1. The van der Waals surface area contributed by atoms with Gasteiger partial charge >= 0.3 is 0 Å². The molecule has 7 heteroatoms. The molecule has 0 radical (unpaired) electrons. The van der Waals surface area contributed by atoms with E-state index in [1.165, 1.54) is 11.0 Å². The standard InChI is InChI=1S/C8H8N2.CH4O4S/c1-10-6-9-7-4-2-3-5-8(7)10;1-5-6(2,3)4/h2-6H,1H3;1H3,(H,2,3,4). The van der Waals surface area contributed by atoms with Gasteiger partial charge in [0.2, 0.25) is 16.7 Å². The Kier molecular flexibility index (Phi) is 3.99. The van der Waals surface area contributed by atoms with E-state index in [2.05, 4.69) is 25.9 Å². The molecule has 16 heavy (non-hydrogen) atoms. The lowest BCUT2D eigenvalue weighted by Gasteiger charge is -1.98. The second kappa shape index (κ2) is 5.06.